The van der Waals surface area contributed by atoms with Gasteiger partial charge in [-0.05, 0) is 24.3 Å². The van der Waals surface area contributed by atoms with Gasteiger partial charge in [0.2, 0.25) is 0 Å². The van der Waals surface area contributed by atoms with Crippen molar-refractivity contribution in [2.75, 3.05) is 14.2 Å². The van der Waals surface area contributed by atoms with E-state index in [-0.39, 0.29) is 6.61 Å². The molecule has 6 heteroatoms. The van der Waals surface area contributed by atoms with Crippen LogP contribution in [0.5, 0.6) is 17.2 Å². The van der Waals surface area contributed by atoms with Gasteiger partial charge in [0.05, 0.1) is 25.9 Å². The summed E-state index contributed by atoms with van der Waals surface area (Å²) in [5.74, 6) is 1.53. The summed E-state index contributed by atoms with van der Waals surface area (Å²) < 4.78 is 21.4. The van der Waals surface area contributed by atoms with Crippen LogP contribution in [0.2, 0.25) is 0 Å². The molecule has 0 amide bonds. The number of nitrogens with zero attached hydrogens (tertiary/aromatic N) is 1. The van der Waals surface area contributed by atoms with E-state index in [1.807, 2.05) is 12.1 Å². The lowest BCUT2D eigenvalue weighted by Gasteiger charge is -2.12. The van der Waals surface area contributed by atoms with Gasteiger partial charge in [-0.25, -0.2) is 4.79 Å². The molecule has 3 aromatic rings. The molecule has 0 atom stereocenters. The average molecular weight is 337 g/mol. The lowest BCUT2D eigenvalue weighted by atomic mass is 10.1. The number of hydrogen-bond donors (Lipinski definition) is 0. The SMILES string of the molecule is COc1ccc2c(COc3ccc(C#N)cc3OC)cc(=O)oc2c1. The van der Waals surface area contributed by atoms with Gasteiger partial charge in [-0.3, -0.25) is 0 Å². The Bertz CT molecular complexity index is 1020. The van der Waals surface area contributed by atoms with Crippen LogP contribution < -0.4 is 19.8 Å². The molecule has 0 aliphatic carbocycles. The molecule has 0 unspecified atom stereocenters. The van der Waals surface area contributed by atoms with Crippen molar-refractivity contribution in [2.24, 2.45) is 0 Å². The van der Waals surface area contributed by atoms with Crippen LogP contribution >= 0.6 is 0 Å². The molecule has 0 fully saturated rings. The number of ether oxygens (including phenoxy) is 3. The third-order valence-electron chi connectivity index (χ3n) is 3.71. The Morgan fingerprint density at radius 1 is 1.04 bits per heavy atom. The minimum atomic E-state index is -0.467. The summed E-state index contributed by atoms with van der Waals surface area (Å²) in [6, 6.07) is 13.6. The Hall–Kier alpha value is -3.46. The van der Waals surface area contributed by atoms with Crippen LogP contribution in [-0.2, 0) is 6.61 Å². The predicted octanol–water partition coefficient (Wildman–Crippen LogP) is 3.26. The van der Waals surface area contributed by atoms with E-state index in [0.29, 0.717) is 34.0 Å². The first-order valence-corrected chi connectivity index (χ1v) is 7.46. The van der Waals surface area contributed by atoms with Crippen LogP contribution in [0.25, 0.3) is 11.0 Å². The number of hydrogen-bond acceptors (Lipinski definition) is 6. The Labute approximate surface area is 143 Å². The molecule has 1 heterocycles. The molecule has 0 spiro atoms. The first kappa shape index (κ1) is 16.4. The summed E-state index contributed by atoms with van der Waals surface area (Å²) in [6.45, 7) is 0.149. The largest absolute Gasteiger partial charge is 0.497 e. The normalized spacial score (nSPS) is 10.3. The first-order valence-electron chi connectivity index (χ1n) is 7.46. The maximum Gasteiger partial charge on any atom is 0.336 e. The molecular weight excluding hydrogens is 322 g/mol. The number of methoxy groups -OCH3 is 2. The fourth-order valence-corrected chi connectivity index (χ4v) is 2.47. The molecule has 0 radical (unpaired) electrons. The van der Waals surface area contributed by atoms with Crippen molar-refractivity contribution in [3.8, 4) is 23.3 Å². The molecule has 0 saturated heterocycles. The monoisotopic (exact) mass is 337 g/mol. The van der Waals surface area contributed by atoms with Gasteiger partial charge >= 0.3 is 5.63 Å². The average Bonchev–Trinajstić information content (AvgIpc) is 2.65. The van der Waals surface area contributed by atoms with Gasteiger partial charge in [-0.2, -0.15) is 5.26 Å². The van der Waals surface area contributed by atoms with Crippen molar-refractivity contribution in [1.29, 1.82) is 5.26 Å². The van der Waals surface area contributed by atoms with Crippen LogP contribution in [-0.4, -0.2) is 14.2 Å². The molecule has 1 aromatic heterocycles. The van der Waals surface area contributed by atoms with Crippen LogP contribution in [0.4, 0.5) is 0 Å². The number of fused-ring (bicyclic) bond motifs is 1. The van der Waals surface area contributed by atoms with Gasteiger partial charge in [-0.15, -0.1) is 0 Å². The molecule has 0 bridgehead atoms. The maximum atomic E-state index is 11.8. The third kappa shape index (κ3) is 3.40. The Kier molecular flexibility index (Phi) is 4.57. The van der Waals surface area contributed by atoms with E-state index >= 15 is 0 Å². The van der Waals surface area contributed by atoms with Crippen molar-refractivity contribution < 1.29 is 18.6 Å². The van der Waals surface area contributed by atoms with Crippen molar-refractivity contribution in [3.63, 3.8) is 0 Å². The van der Waals surface area contributed by atoms with Gasteiger partial charge < -0.3 is 18.6 Å². The van der Waals surface area contributed by atoms with Crippen molar-refractivity contribution in [2.45, 2.75) is 6.61 Å². The molecule has 6 nitrogen and oxygen atoms in total. The zero-order chi connectivity index (χ0) is 17.8. The Morgan fingerprint density at radius 2 is 1.88 bits per heavy atom. The second-order valence-electron chi connectivity index (χ2n) is 5.22. The molecule has 25 heavy (non-hydrogen) atoms. The summed E-state index contributed by atoms with van der Waals surface area (Å²) in [5, 5.41) is 9.70. The maximum absolute atomic E-state index is 11.8. The third-order valence-corrected chi connectivity index (χ3v) is 3.71. The van der Waals surface area contributed by atoms with E-state index < -0.39 is 5.63 Å². The highest BCUT2D eigenvalue weighted by molar-refractivity contribution is 5.81. The van der Waals surface area contributed by atoms with Gasteiger partial charge in [0, 0.05) is 29.1 Å². The smallest absolute Gasteiger partial charge is 0.336 e. The topological polar surface area (TPSA) is 81.7 Å². The van der Waals surface area contributed by atoms with E-state index in [0.717, 1.165) is 5.39 Å². The van der Waals surface area contributed by atoms with Crippen LogP contribution in [0, 0.1) is 11.3 Å². The molecule has 2 aromatic carbocycles. The lowest BCUT2D eigenvalue weighted by Crippen LogP contribution is -2.05. The van der Waals surface area contributed by atoms with E-state index in [2.05, 4.69) is 0 Å². The van der Waals surface area contributed by atoms with Crippen molar-refractivity contribution in [3.05, 3.63) is 64.0 Å². The van der Waals surface area contributed by atoms with Gasteiger partial charge in [0.1, 0.15) is 17.9 Å². The second-order valence-corrected chi connectivity index (χ2v) is 5.22. The fourth-order valence-electron chi connectivity index (χ4n) is 2.47. The van der Waals surface area contributed by atoms with Gasteiger partial charge in [0.25, 0.3) is 0 Å². The summed E-state index contributed by atoms with van der Waals surface area (Å²) in [7, 11) is 3.05. The van der Waals surface area contributed by atoms with E-state index in [4.69, 9.17) is 23.9 Å². The highest BCUT2D eigenvalue weighted by atomic mass is 16.5. The zero-order valence-electron chi connectivity index (χ0n) is 13.7. The quantitative estimate of drug-likeness (QED) is 0.665. The van der Waals surface area contributed by atoms with Gasteiger partial charge in [-0.1, -0.05) is 0 Å². The molecule has 126 valence electrons. The van der Waals surface area contributed by atoms with Crippen molar-refractivity contribution in [1.82, 2.24) is 0 Å². The van der Waals surface area contributed by atoms with Crippen LogP contribution in [0.3, 0.4) is 0 Å². The molecule has 0 aliphatic heterocycles. The van der Waals surface area contributed by atoms with Crippen LogP contribution in [0.1, 0.15) is 11.1 Å². The highest BCUT2D eigenvalue weighted by Crippen LogP contribution is 2.29. The summed E-state index contributed by atoms with van der Waals surface area (Å²) in [5.41, 5.74) is 1.12. The molecular formula is C19H15NO5. The lowest BCUT2D eigenvalue weighted by molar-refractivity contribution is 0.285. The number of rotatable bonds is 5. The van der Waals surface area contributed by atoms with E-state index in [1.54, 1.807) is 37.4 Å². The minimum absolute atomic E-state index is 0.149. The second kappa shape index (κ2) is 6.97. The first-order chi connectivity index (χ1) is 12.1. The number of nitriles is 1. The highest BCUT2D eigenvalue weighted by Gasteiger charge is 2.10. The summed E-state index contributed by atoms with van der Waals surface area (Å²) in [6.07, 6.45) is 0. The summed E-state index contributed by atoms with van der Waals surface area (Å²) >= 11 is 0. The summed E-state index contributed by atoms with van der Waals surface area (Å²) in [4.78, 5) is 11.8. The zero-order valence-corrected chi connectivity index (χ0v) is 13.7. The van der Waals surface area contributed by atoms with E-state index in [9.17, 15) is 4.79 Å². The van der Waals surface area contributed by atoms with Crippen LogP contribution in [0.15, 0.2) is 51.7 Å². The molecule has 0 aliphatic rings. The fraction of sp³-hybridized carbons (Fsp3) is 0.158. The standard InChI is InChI=1S/C19H15NO5/c1-22-14-4-5-15-13(8-19(21)25-17(15)9-14)11-24-16-6-3-12(10-20)7-18(16)23-2/h3-9H,11H2,1-2H3. The van der Waals surface area contributed by atoms with Gasteiger partial charge in [0.15, 0.2) is 11.5 Å². The predicted molar refractivity (Wildman–Crippen MR) is 91.1 cm³/mol. The minimum Gasteiger partial charge on any atom is -0.497 e. The number of benzene rings is 2. The van der Waals surface area contributed by atoms with Crippen molar-refractivity contribution >= 4 is 11.0 Å². The Morgan fingerprint density at radius 3 is 2.60 bits per heavy atom. The van der Waals surface area contributed by atoms with E-state index in [1.165, 1.54) is 13.2 Å². The Balaban J connectivity index is 1.94. The molecule has 3 rings (SSSR count). The molecule has 0 N–H and O–H groups in total. The molecule has 0 saturated carbocycles.